The molecule has 1 aromatic carbocycles. The summed E-state index contributed by atoms with van der Waals surface area (Å²) in [6, 6.07) is 14.7. The number of amides is 1. The normalized spacial score (nSPS) is 16.2. The number of carbonyl (C=O) groups is 1. The minimum absolute atomic E-state index is 0.0992. The summed E-state index contributed by atoms with van der Waals surface area (Å²) in [6.07, 6.45) is 16.8. The Kier molecular flexibility index (Phi) is 10.4. The highest BCUT2D eigenvalue weighted by molar-refractivity contribution is 6.14. The van der Waals surface area contributed by atoms with Gasteiger partial charge in [-0.25, -0.2) is 4.98 Å². The summed E-state index contributed by atoms with van der Waals surface area (Å²) < 4.78 is 0. The Morgan fingerprint density at radius 1 is 1.34 bits per heavy atom. The van der Waals surface area contributed by atoms with Crippen LogP contribution < -0.4 is 5.32 Å². The van der Waals surface area contributed by atoms with Crippen LogP contribution in [0.4, 0.5) is 0 Å². The molecule has 0 saturated carbocycles. The zero-order chi connectivity index (χ0) is 27.5. The molecule has 2 N–H and O–H groups in total. The first-order valence-electron chi connectivity index (χ1n) is 13.0. The number of benzene rings is 1. The number of allylic oxidation sites excluding steroid dienone is 4. The van der Waals surface area contributed by atoms with E-state index in [2.05, 4.69) is 42.0 Å². The molecule has 196 valence electrons. The summed E-state index contributed by atoms with van der Waals surface area (Å²) in [7, 11) is 3.56. The number of pyridine rings is 1. The van der Waals surface area contributed by atoms with Crippen molar-refractivity contribution in [2.45, 2.75) is 39.0 Å². The van der Waals surface area contributed by atoms with Crippen molar-refractivity contribution in [2.24, 2.45) is 10.9 Å². The van der Waals surface area contributed by atoms with Gasteiger partial charge in [0.1, 0.15) is 0 Å². The fourth-order valence-electron chi connectivity index (χ4n) is 4.59. The zero-order valence-electron chi connectivity index (χ0n) is 22.6. The second-order valence-corrected chi connectivity index (χ2v) is 9.38. The van der Waals surface area contributed by atoms with E-state index in [1.807, 2.05) is 49.8 Å². The van der Waals surface area contributed by atoms with Gasteiger partial charge >= 0.3 is 0 Å². The van der Waals surface area contributed by atoms with E-state index in [0.29, 0.717) is 36.7 Å². The fraction of sp³-hybridized carbons (Fsp3) is 0.312. The van der Waals surface area contributed by atoms with Gasteiger partial charge in [-0.3, -0.25) is 9.79 Å². The quantitative estimate of drug-likeness (QED) is 0.170. The van der Waals surface area contributed by atoms with E-state index in [4.69, 9.17) is 16.8 Å². The minimum atomic E-state index is 0.0992. The highest BCUT2D eigenvalue weighted by Crippen LogP contribution is 2.28. The number of nitrogens with one attached hydrogen (secondary N) is 2. The van der Waals surface area contributed by atoms with Crippen LogP contribution in [-0.2, 0) is 4.79 Å². The molecule has 6 nitrogen and oxygen atoms in total. The van der Waals surface area contributed by atoms with Crippen LogP contribution in [0.2, 0.25) is 0 Å². The summed E-state index contributed by atoms with van der Waals surface area (Å²) in [6.45, 7) is 6.73. The Morgan fingerprint density at radius 2 is 2.16 bits per heavy atom. The highest BCUT2D eigenvalue weighted by atomic mass is 16.1. The summed E-state index contributed by atoms with van der Waals surface area (Å²) in [5.41, 5.74) is 6.57. The average molecular weight is 508 g/mol. The number of carbonyl (C=O) groups excluding carboxylic acids is 1. The van der Waals surface area contributed by atoms with Crippen LogP contribution in [0, 0.1) is 23.8 Å². The van der Waals surface area contributed by atoms with Crippen LogP contribution in [0.5, 0.6) is 0 Å². The van der Waals surface area contributed by atoms with E-state index < -0.39 is 0 Å². The first-order valence-corrected chi connectivity index (χ1v) is 13.0. The van der Waals surface area contributed by atoms with Gasteiger partial charge in [0.05, 0.1) is 17.1 Å². The second kappa shape index (κ2) is 13.9. The molecular weight excluding hydrogens is 470 g/mol. The molecule has 38 heavy (non-hydrogen) atoms. The molecule has 0 aliphatic carbocycles. The maximum atomic E-state index is 11.8. The lowest BCUT2D eigenvalue weighted by Crippen LogP contribution is -2.33. The summed E-state index contributed by atoms with van der Waals surface area (Å²) in [4.78, 5) is 22.7. The molecule has 0 radical (unpaired) electrons. The minimum Gasteiger partial charge on any atom is -0.356 e. The smallest absolute Gasteiger partial charge is 0.220 e. The van der Waals surface area contributed by atoms with E-state index in [-0.39, 0.29) is 5.91 Å². The summed E-state index contributed by atoms with van der Waals surface area (Å²) in [5.74, 6) is 0.391. The molecule has 2 aromatic rings. The second-order valence-electron chi connectivity index (χ2n) is 9.38. The molecule has 2 heterocycles. The summed E-state index contributed by atoms with van der Waals surface area (Å²) >= 11 is 0. The Morgan fingerprint density at radius 3 is 2.84 bits per heavy atom. The molecule has 3 rings (SSSR count). The standard InChI is InChI=1S/C32H37N5O/c1-6-10-27(21-34-4)28-14-16-30(26-12-9-11-25(20-26)24(7-2)22-37(5)8-3)36-32(28)29(33)15-13-23-17-18-35-31(38)19-23/h3,7,9-12,14,16,20-23,33H,2,6,13,15,17-19H2,1,4-5H3,(H,35,38)/b24-22+,27-10+,33-29?,34-21-. The molecule has 0 bridgehead atoms. The van der Waals surface area contributed by atoms with Crippen molar-refractivity contribution in [3.63, 3.8) is 0 Å². The van der Waals surface area contributed by atoms with Gasteiger partial charge in [0.2, 0.25) is 5.91 Å². The van der Waals surface area contributed by atoms with E-state index in [0.717, 1.165) is 52.8 Å². The fourth-order valence-corrected chi connectivity index (χ4v) is 4.59. The number of hydrogen-bond acceptors (Lipinski definition) is 5. The summed E-state index contributed by atoms with van der Waals surface area (Å²) in [5, 5.41) is 11.9. The highest BCUT2D eigenvalue weighted by Gasteiger charge is 2.21. The molecule has 6 heteroatoms. The molecule has 1 fully saturated rings. The molecule has 1 amide bonds. The largest absolute Gasteiger partial charge is 0.356 e. The van der Waals surface area contributed by atoms with Crippen LogP contribution in [0.3, 0.4) is 0 Å². The number of aliphatic imine (C=N–C) groups is 1. The van der Waals surface area contributed by atoms with Gasteiger partial charge < -0.3 is 15.6 Å². The third-order valence-electron chi connectivity index (χ3n) is 6.58. The third-order valence-corrected chi connectivity index (χ3v) is 6.58. The van der Waals surface area contributed by atoms with Gasteiger partial charge in [0.15, 0.2) is 0 Å². The number of rotatable bonds is 11. The van der Waals surface area contributed by atoms with Gasteiger partial charge in [0.25, 0.3) is 0 Å². The Labute approximate surface area is 226 Å². The maximum absolute atomic E-state index is 11.8. The predicted octanol–water partition coefficient (Wildman–Crippen LogP) is 5.97. The van der Waals surface area contributed by atoms with E-state index in [1.54, 1.807) is 18.0 Å². The molecule has 1 unspecified atom stereocenters. The van der Waals surface area contributed by atoms with Crippen LogP contribution in [0.15, 0.2) is 66.3 Å². The van der Waals surface area contributed by atoms with Crippen molar-refractivity contribution in [1.29, 1.82) is 5.41 Å². The van der Waals surface area contributed by atoms with Crippen molar-refractivity contribution in [3.05, 3.63) is 78.1 Å². The van der Waals surface area contributed by atoms with Crippen molar-refractivity contribution < 1.29 is 4.79 Å². The van der Waals surface area contributed by atoms with Crippen LogP contribution in [-0.4, -0.2) is 48.4 Å². The molecule has 1 aliphatic rings. The van der Waals surface area contributed by atoms with Crippen LogP contribution in [0.1, 0.15) is 55.8 Å². The maximum Gasteiger partial charge on any atom is 0.220 e. The zero-order valence-corrected chi connectivity index (χ0v) is 22.6. The van der Waals surface area contributed by atoms with Gasteiger partial charge in [-0.2, -0.15) is 0 Å². The Hall–Kier alpha value is -4.24. The predicted molar refractivity (Wildman–Crippen MR) is 159 cm³/mol. The van der Waals surface area contributed by atoms with Crippen LogP contribution >= 0.6 is 0 Å². The van der Waals surface area contributed by atoms with Crippen molar-refractivity contribution in [2.75, 3.05) is 20.6 Å². The number of piperidine rings is 1. The number of terminal acetylenes is 1. The van der Waals surface area contributed by atoms with Crippen molar-refractivity contribution in [1.82, 2.24) is 15.2 Å². The molecule has 0 spiro atoms. The first kappa shape index (κ1) is 28.3. The lowest BCUT2D eigenvalue weighted by atomic mass is 9.90. The topological polar surface area (TPSA) is 81.4 Å². The van der Waals surface area contributed by atoms with Crippen LogP contribution in [0.25, 0.3) is 22.4 Å². The number of nitrogens with zero attached hydrogens (tertiary/aromatic N) is 3. The van der Waals surface area contributed by atoms with Gasteiger partial charge in [-0.05, 0) is 66.5 Å². The third kappa shape index (κ3) is 7.39. The first-order chi connectivity index (χ1) is 18.4. The van der Waals surface area contributed by atoms with E-state index in [9.17, 15) is 4.79 Å². The van der Waals surface area contributed by atoms with Crippen molar-refractivity contribution in [3.8, 4) is 23.7 Å². The average Bonchev–Trinajstić information content (AvgIpc) is 2.94. The molecule has 1 saturated heterocycles. The SMILES string of the molecule is C#CN(C)/C=C(\C=C)c1cccc(-c2ccc(C(/C=N\C)=C/CC)c(C(=N)CCC3CCNC(=O)C3)n2)c1. The van der Waals surface area contributed by atoms with Crippen molar-refractivity contribution >= 4 is 29.0 Å². The molecular formula is C32H37N5O. The monoisotopic (exact) mass is 507 g/mol. The number of aromatic nitrogens is 1. The van der Waals surface area contributed by atoms with E-state index >= 15 is 0 Å². The van der Waals surface area contributed by atoms with Gasteiger partial charge in [0, 0.05) is 56.6 Å². The molecule has 1 aliphatic heterocycles. The Bertz CT molecular complexity index is 1310. The molecule has 1 atom stereocenters. The van der Waals surface area contributed by atoms with Gasteiger partial charge in [-0.15, -0.1) is 0 Å². The number of hydrogen-bond donors (Lipinski definition) is 2. The lowest BCUT2D eigenvalue weighted by molar-refractivity contribution is -0.123. The Balaban J connectivity index is 2.01. The van der Waals surface area contributed by atoms with E-state index in [1.165, 1.54) is 0 Å². The van der Waals surface area contributed by atoms with Gasteiger partial charge in [-0.1, -0.05) is 50.3 Å². The lowest BCUT2D eigenvalue weighted by Gasteiger charge is -2.22. The molecule has 1 aromatic heterocycles.